The van der Waals surface area contributed by atoms with Gasteiger partial charge in [0.1, 0.15) is 0 Å². The van der Waals surface area contributed by atoms with Crippen LogP contribution in [0, 0.1) is 116 Å². The molecule has 2 N–H and O–H groups in total. The van der Waals surface area contributed by atoms with Crippen LogP contribution in [0.15, 0.2) is 6.07 Å². The van der Waals surface area contributed by atoms with E-state index < -0.39 is 180 Å². The molecule has 0 unspecified atom stereocenters. The summed E-state index contributed by atoms with van der Waals surface area (Å²) in [6, 6.07) is -0.659. The number of carbonyl (C=O) groups excluding carboxylic acids is 1. The molecule has 58 heavy (non-hydrogen) atoms. The summed E-state index contributed by atoms with van der Waals surface area (Å²) in [6.07, 6.45) is 0. The number of rotatable bonds is 8. The van der Waals surface area contributed by atoms with Crippen molar-refractivity contribution in [3.8, 4) is 45.6 Å². The van der Waals surface area contributed by atoms with Crippen molar-refractivity contribution in [1.82, 2.24) is 0 Å². The van der Waals surface area contributed by atoms with E-state index in [-0.39, 0.29) is 35.0 Å². The van der Waals surface area contributed by atoms with E-state index in [0.717, 1.165) is 0 Å². The Morgan fingerprint density at radius 1 is 0.345 bits per heavy atom. The zero-order chi connectivity index (χ0) is 42.1. The van der Waals surface area contributed by atoms with E-state index in [1.807, 2.05) is 0 Å². The van der Waals surface area contributed by atoms with Crippen molar-refractivity contribution in [1.29, 1.82) is 0 Å². The van der Waals surface area contributed by atoms with Gasteiger partial charge in [0.15, 0.2) is 34.8 Å². The van der Waals surface area contributed by atoms with Gasteiger partial charge in [0, 0.05) is 11.1 Å². The topological polar surface area (TPSA) is 99.3 Å². The molecular formula is C31H3F20NaO6. The molecule has 304 valence electrons. The summed E-state index contributed by atoms with van der Waals surface area (Å²) in [4.78, 5) is 12.3. The molecule has 0 aromatic heterocycles. The standard InChI is InChI=1S/C31H2F20O5.Na.H2O/c32-6-5(7(33)9(35)10(36)8(6)34)4-2(31(52)53)1-3(54-28-20(46)14(40)11(37)15(41)21(28)47)26(55-29-22(48)16(42)12(38)17(43)23(29)49)27(4)56-30-24(50)18(44)13(39)19(45)25(30)51;;/h1H,(H,52,53);;1H2/q;+1;/p-1. The van der Waals surface area contributed by atoms with Crippen molar-refractivity contribution in [3.63, 3.8) is 0 Å². The van der Waals surface area contributed by atoms with Crippen LogP contribution < -0.4 is 48.9 Å². The smallest absolute Gasteiger partial charge is 0.545 e. The molecule has 0 heterocycles. The monoisotopic (exact) mass is 874 g/mol. The normalized spacial score (nSPS) is 11.0. The molecule has 0 aliphatic rings. The van der Waals surface area contributed by atoms with Gasteiger partial charge in [-0.1, -0.05) is 0 Å². The number of halogens is 20. The van der Waals surface area contributed by atoms with Crippen molar-refractivity contribution in [2.45, 2.75) is 0 Å². The van der Waals surface area contributed by atoms with E-state index in [0.29, 0.717) is 0 Å². The van der Waals surface area contributed by atoms with Crippen LogP contribution >= 0.6 is 0 Å². The first-order chi connectivity index (χ1) is 26.0. The Morgan fingerprint density at radius 3 is 0.879 bits per heavy atom. The van der Waals surface area contributed by atoms with Crippen molar-refractivity contribution < 1.29 is 147 Å². The van der Waals surface area contributed by atoms with Crippen molar-refractivity contribution >= 4 is 5.97 Å². The number of hydrogen-bond donors (Lipinski definition) is 0. The summed E-state index contributed by atoms with van der Waals surface area (Å²) in [5.74, 6) is -81.2. The predicted molar refractivity (Wildman–Crippen MR) is 139 cm³/mol. The number of carboxylic acid groups (broad SMARTS) is 1. The van der Waals surface area contributed by atoms with Crippen LogP contribution in [0.3, 0.4) is 0 Å². The summed E-state index contributed by atoms with van der Waals surface area (Å²) in [6.45, 7) is 0. The second-order valence-electron chi connectivity index (χ2n) is 10.2. The number of carboxylic acids is 1. The summed E-state index contributed by atoms with van der Waals surface area (Å²) in [7, 11) is 0. The third-order valence-electron chi connectivity index (χ3n) is 7.01. The van der Waals surface area contributed by atoms with Crippen molar-refractivity contribution in [2.75, 3.05) is 0 Å². The molecule has 0 radical (unpaired) electrons. The van der Waals surface area contributed by atoms with E-state index in [1.54, 1.807) is 0 Å². The Morgan fingerprint density at radius 2 is 0.586 bits per heavy atom. The van der Waals surface area contributed by atoms with Gasteiger partial charge in [-0.2, -0.15) is 26.3 Å². The van der Waals surface area contributed by atoms with Gasteiger partial charge in [0.05, 0.1) is 11.5 Å². The molecule has 0 fully saturated rings. The fourth-order valence-electron chi connectivity index (χ4n) is 4.46. The van der Waals surface area contributed by atoms with Crippen LogP contribution in [0.4, 0.5) is 87.8 Å². The Kier molecular flexibility index (Phi) is 13.6. The Labute approximate surface area is 326 Å². The van der Waals surface area contributed by atoms with Crippen molar-refractivity contribution in [3.05, 3.63) is 128 Å². The molecule has 0 aliphatic carbocycles. The van der Waals surface area contributed by atoms with Gasteiger partial charge in [0.2, 0.25) is 116 Å². The van der Waals surface area contributed by atoms with E-state index in [4.69, 9.17) is 0 Å². The molecule has 27 heteroatoms. The second kappa shape index (κ2) is 16.8. The van der Waals surface area contributed by atoms with Crippen LogP contribution in [-0.2, 0) is 0 Å². The van der Waals surface area contributed by atoms with Crippen LogP contribution in [0.5, 0.6) is 34.5 Å². The van der Waals surface area contributed by atoms with Gasteiger partial charge >= 0.3 is 29.6 Å². The Hall–Kier alpha value is -5.47. The van der Waals surface area contributed by atoms with Crippen LogP contribution in [0.2, 0.25) is 0 Å². The number of benzene rings is 5. The number of aromatic carboxylic acids is 1. The van der Waals surface area contributed by atoms with Crippen molar-refractivity contribution in [2.24, 2.45) is 0 Å². The van der Waals surface area contributed by atoms with Crippen LogP contribution in [0.1, 0.15) is 10.4 Å². The van der Waals surface area contributed by atoms with E-state index in [1.165, 1.54) is 0 Å². The van der Waals surface area contributed by atoms with Gasteiger partial charge in [-0.25, -0.2) is 61.5 Å². The summed E-state index contributed by atoms with van der Waals surface area (Å²) in [5, 5.41) is 12.3. The van der Waals surface area contributed by atoms with E-state index in [2.05, 4.69) is 14.2 Å². The molecular weight excluding hydrogens is 871 g/mol. The number of ether oxygens (including phenoxy) is 3. The first kappa shape index (κ1) is 46.9. The van der Waals surface area contributed by atoms with Gasteiger partial charge in [-0.3, -0.25) is 0 Å². The molecule has 6 nitrogen and oxygen atoms in total. The molecule has 0 saturated carbocycles. The molecule has 0 saturated heterocycles. The van der Waals surface area contributed by atoms with Gasteiger partial charge in [-0.15, -0.1) is 0 Å². The van der Waals surface area contributed by atoms with Crippen LogP contribution in [0.25, 0.3) is 11.1 Å². The Balaban J connectivity index is 0.00000450. The first-order valence-corrected chi connectivity index (χ1v) is 13.5. The number of hydrogen-bond acceptors (Lipinski definition) is 5. The minimum atomic E-state index is -3.17. The Bertz CT molecular complexity index is 2450. The second-order valence-corrected chi connectivity index (χ2v) is 10.2. The molecule has 0 bridgehead atoms. The fraction of sp³-hybridized carbons (Fsp3) is 0. The molecule has 0 spiro atoms. The SMILES string of the molecule is O.O=C([O-])c1cc(Oc2c(F)c(F)c(F)c(F)c2F)c(Oc2c(F)c(F)c(F)c(F)c2F)c(Oc2c(F)c(F)c(F)c(F)c2F)c1-c1c(F)c(F)c(F)c(F)c1F.[Na+]. The number of carbonyl (C=O) groups is 1. The zero-order valence-electron chi connectivity index (χ0n) is 26.7. The quantitative estimate of drug-likeness (QED) is 0.0819. The van der Waals surface area contributed by atoms with Gasteiger partial charge in [0.25, 0.3) is 0 Å². The maximum absolute atomic E-state index is 15.2. The first-order valence-electron chi connectivity index (χ1n) is 13.5. The van der Waals surface area contributed by atoms with E-state index in [9.17, 15) is 88.9 Å². The third kappa shape index (κ3) is 7.28. The third-order valence-corrected chi connectivity index (χ3v) is 7.01. The summed E-state index contributed by atoms with van der Waals surface area (Å²) >= 11 is 0. The van der Waals surface area contributed by atoms with E-state index >= 15 is 8.78 Å². The summed E-state index contributed by atoms with van der Waals surface area (Å²) in [5.41, 5.74) is -7.70. The molecule has 5 aromatic carbocycles. The van der Waals surface area contributed by atoms with Gasteiger partial charge < -0.3 is 29.6 Å². The summed E-state index contributed by atoms with van der Waals surface area (Å²) < 4.78 is 302. The molecule has 0 aliphatic heterocycles. The molecule has 5 aromatic rings. The average Bonchev–Trinajstić information content (AvgIpc) is 3.17. The fourth-order valence-corrected chi connectivity index (χ4v) is 4.46. The van der Waals surface area contributed by atoms with Crippen LogP contribution in [-0.4, -0.2) is 11.4 Å². The molecule has 0 amide bonds. The zero-order valence-corrected chi connectivity index (χ0v) is 28.7. The average molecular weight is 874 g/mol. The minimum Gasteiger partial charge on any atom is -0.545 e. The van der Waals surface area contributed by atoms with Gasteiger partial charge in [-0.05, 0) is 6.07 Å². The maximum atomic E-state index is 15.2. The molecule has 5 rings (SSSR count). The largest absolute Gasteiger partial charge is 1.00 e. The predicted octanol–water partition coefficient (Wildman–Crippen LogP) is 6.06. The maximum Gasteiger partial charge on any atom is 1.00 e. The minimum absolute atomic E-state index is 0. The molecule has 0 atom stereocenters.